The van der Waals surface area contributed by atoms with E-state index < -0.39 is 8.80 Å². The molecule has 0 aromatic carbocycles. The summed E-state index contributed by atoms with van der Waals surface area (Å²) in [5.74, 6) is 0. The second-order valence-electron chi connectivity index (χ2n) is 3.85. The highest BCUT2D eigenvalue weighted by atomic mass is 28.4. The monoisotopic (exact) mass is 231 g/mol. The van der Waals surface area contributed by atoms with Crippen LogP contribution in [0, 0.1) is 0 Å². The molecule has 0 amide bonds. The summed E-state index contributed by atoms with van der Waals surface area (Å²) < 4.78 is 16.2. The molecular weight excluding hydrogens is 210 g/mol. The molecule has 0 fully saturated rings. The van der Waals surface area contributed by atoms with Gasteiger partial charge in [0.05, 0.1) is 0 Å². The molecule has 0 radical (unpaired) electrons. The average Bonchev–Trinajstić information content (AvgIpc) is 2.29. The van der Waals surface area contributed by atoms with E-state index in [0.717, 1.165) is 25.6 Å². The Morgan fingerprint density at radius 1 is 1.27 bits per heavy atom. The van der Waals surface area contributed by atoms with E-state index in [1.807, 2.05) is 0 Å². The Morgan fingerprint density at radius 2 is 1.87 bits per heavy atom. The largest absolute Gasteiger partial charge is 0.504 e. The smallest absolute Gasteiger partial charge is 0.377 e. The minimum absolute atomic E-state index is 0.810. The number of rotatable bonds is 5. The fraction of sp³-hybridized carbons (Fsp3) is 0.800. The van der Waals surface area contributed by atoms with Crippen LogP contribution in [0.5, 0.6) is 0 Å². The minimum atomic E-state index is -2.41. The van der Waals surface area contributed by atoms with Gasteiger partial charge in [-0.25, -0.2) is 0 Å². The van der Waals surface area contributed by atoms with Crippen LogP contribution in [0.4, 0.5) is 0 Å². The first kappa shape index (κ1) is 12.9. The van der Waals surface area contributed by atoms with Gasteiger partial charge in [0.25, 0.3) is 0 Å². The van der Waals surface area contributed by atoms with Gasteiger partial charge in [0.1, 0.15) is 0 Å². The predicted octanol–water partition coefficient (Wildman–Crippen LogP) is 1.13. The third-order valence-electron chi connectivity index (χ3n) is 2.88. The van der Waals surface area contributed by atoms with Crippen molar-refractivity contribution < 1.29 is 13.3 Å². The van der Waals surface area contributed by atoms with Crippen molar-refractivity contribution in [3.8, 4) is 0 Å². The van der Waals surface area contributed by atoms with Crippen molar-refractivity contribution in [2.24, 2.45) is 0 Å². The van der Waals surface area contributed by atoms with E-state index in [-0.39, 0.29) is 0 Å². The highest BCUT2D eigenvalue weighted by molar-refractivity contribution is 6.61. The van der Waals surface area contributed by atoms with Gasteiger partial charge in [0, 0.05) is 40.5 Å². The van der Waals surface area contributed by atoms with Crippen LogP contribution in [-0.2, 0) is 13.3 Å². The molecular formula is C10H21NO3Si. The molecule has 5 heteroatoms. The van der Waals surface area contributed by atoms with Crippen molar-refractivity contribution in [3.63, 3.8) is 0 Å². The highest BCUT2D eigenvalue weighted by Gasteiger charge is 2.38. The lowest BCUT2D eigenvalue weighted by Gasteiger charge is -2.28. The Kier molecular flexibility index (Phi) is 4.94. The lowest BCUT2D eigenvalue weighted by molar-refractivity contribution is 0.126. The first-order valence-electron chi connectivity index (χ1n) is 5.17. The Labute approximate surface area is 93.2 Å². The van der Waals surface area contributed by atoms with Crippen molar-refractivity contribution in [2.45, 2.75) is 12.5 Å². The molecule has 0 aromatic rings. The zero-order valence-electron chi connectivity index (χ0n) is 10.1. The standard InChI is InChI=1S/C10H21NO3Si/c1-11-7-5-10(6-8-11)9-15(12-2,13-3)14-4/h5H,6-9H2,1-4H3. The number of hydrogen-bond acceptors (Lipinski definition) is 4. The van der Waals surface area contributed by atoms with Crippen molar-refractivity contribution >= 4 is 8.80 Å². The van der Waals surface area contributed by atoms with Crippen molar-refractivity contribution in [2.75, 3.05) is 41.5 Å². The van der Waals surface area contributed by atoms with E-state index in [1.165, 1.54) is 5.57 Å². The van der Waals surface area contributed by atoms with E-state index in [1.54, 1.807) is 21.3 Å². The van der Waals surface area contributed by atoms with Gasteiger partial charge in [-0.05, 0) is 13.5 Å². The van der Waals surface area contributed by atoms with Crippen molar-refractivity contribution in [1.82, 2.24) is 4.90 Å². The summed E-state index contributed by atoms with van der Waals surface area (Å²) in [6.45, 7) is 2.12. The third-order valence-corrected chi connectivity index (χ3v) is 5.64. The molecule has 1 rings (SSSR count). The topological polar surface area (TPSA) is 30.9 Å². The zero-order valence-corrected chi connectivity index (χ0v) is 11.1. The first-order valence-corrected chi connectivity index (χ1v) is 7.11. The highest BCUT2D eigenvalue weighted by Crippen LogP contribution is 2.23. The molecule has 0 unspecified atom stereocenters. The maximum absolute atomic E-state index is 5.41. The van der Waals surface area contributed by atoms with E-state index in [9.17, 15) is 0 Å². The quantitative estimate of drug-likeness (QED) is 0.524. The van der Waals surface area contributed by atoms with Crippen LogP contribution in [0.1, 0.15) is 6.42 Å². The van der Waals surface area contributed by atoms with Crippen LogP contribution < -0.4 is 0 Å². The van der Waals surface area contributed by atoms with Crippen LogP contribution in [0.15, 0.2) is 11.6 Å². The number of hydrogen-bond donors (Lipinski definition) is 0. The SMILES string of the molecule is CO[Si](CC1=CCN(C)CC1)(OC)OC. The molecule has 1 aliphatic rings. The molecule has 0 N–H and O–H groups in total. The molecule has 1 aliphatic heterocycles. The van der Waals surface area contributed by atoms with E-state index in [2.05, 4.69) is 18.0 Å². The summed E-state index contributed by atoms with van der Waals surface area (Å²) in [5, 5.41) is 0. The zero-order chi connectivity index (χ0) is 11.3. The summed E-state index contributed by atoms with van der Waals surface area (Å²) in [7, 11) is 4.70. The van der Waals surface area contributed by atoms with Crippen molar-refractivity contribution in [3.05, 3.63) is 11.6 Å². The molecule has 0 aromatic heterocycles. The fourth-order valence-corrected chi connectivity index (χ4v) is 3.53. The minimum Gasteiger partial charge on any atom is -0.377 e. The summed E-state index contributed by atoms with van der Waals surface area (Å²) in [6.07, 6.45) is 3.34. The van der Waals surface area contributed by atoms with Crippen LogP contribution >= 0.6 is 0 Å². The fourth-order valence-electron chi connectivity index (χ4n) is 1.72. The van der Waals surface area contributed by atoms with Crippen molar-refractivity contribution in [1.29, 1.82) is 0 Å². The predicted molar refractivity (Wildman–Crippen MR) is 61.8 cm³/mol. The molecule has 0 saturated carbocycles. The van der Waals surface area contributed by atoms with Crippen LogP contribution in [0.25, 0.3) is 0 Å². The Bertz CT molecular complexity index is 220. The summed E-state index contributed by atoms with van der Waals surface area (Å²) >= 11 is 0. The lowest BCUT2D eigenvalue weighted by Crippen LogP contribution is -2.43. The molecule has 4 nitrogen and oxygen atoms in total. The summed E-state index contributed by atoms with van der Waals surface area (Å²) in [4.78, 5) is 2.29. The maximum atomic E-state index is 5.41. The van der Waals surface area contributed by atoms with Crippen LogP contribution in [0.3, 0.4) is 0 Å². The van der Waals surface area contributed by atoms with Gasteiger partial charge >= 0.3 is 8.80 Å². The van der Waals surface area contributed by atoms with E-state index in [0.29, 0.717) is 0 Å². The summed E-state index contributed by atoms with van der Waals surface area (Å²) in [6, 6.07) is 0.810. The van der Waals surface area contributed by atoms with Gasteiger partial charge in [-0.1, -0.05) is 11.6 Å². The van der Waals surface area contributed by atoms with Gasteiger partial charge in [0.15, 0.2) is 0 Å². The molecule has 0 spiro atoms. The Balaban J connectivity index is 2.59. The van der Waals surface area contributed by atoms with Gasteiger partial charge in [-0.2, -0.15) is 0 Å². The van der Waals surface area contributed by atoms with E-state index >= 15 is 0 Å². The van der Waals surface area contributed by atoms with E-state index in [4.69, 9.17) is 13.3 Å². The molecule has 1 heterocycles. The van der Waals surface area contributed by atoms with Gasteiger partial charge < -0.3 is 18.2 Å². The van der Waals surface area contributed by atoms with Gasteiger partial charge in [-0.15, -0.1) is 0 Å². The Hall–Kier alpha value is -0.203. The van der Waals surface area contributed by atoms with Crippen LogP contribution in [-0.4, -0.2) is 55.2 Å². The van der Waals surface area contributed by atoms with Crippen LogP contribution in [0.2, 0.25) is 6.04 Å². The maximum Gasteiger partial charge on any atom is 0.504 e. The van der Waals surface area contributed by atoms with Gasteiger partial charge in [-0.3, -0.25) is 0 Å². The molecule has 0 bridgehead atoms. The second-order valence-corrected chi connectivity index (χ2v) is 6.79. The molecule has 0 aliphatic carbocycles. The third kappa shape index (κ3) is 3.39. The second kappa shape index (κ2) is 5.76. The summed E-state index contributed by atoms with van der Waals surface area (Å²) in [5.41, 5.74) is 1.39. The van der Waals surface area contributed by atoms with Gasteiger partial charge in [0.2, 0.25) is 0 Å². The first-order chi connectivity index (χ1) is 7.15. The Morgan fingerprint density at radius 3 is 2.27 bits per heavy atom. The number of likely N-dealkylation sites (N-methyl/N-ethyl adjacent to an activating group) is 1. The normalized spacial score (nSPS) is 19.1. The molecule has 88 valence electrons. The number of nitrogens with zero attached hydrogens (tertiary/aromatic N) is 1. The molecule has 15 heavy (non-hydrogen) atoms. The average molecular weight is 231 g/mol. The molecule has 0 atom stereocenters. The molecule has 0 saturated heterocycles. The lowest BCUT2D eigenvalue weighted by atomic mass is 10.1.